The number of tetrazole rings is 1. The van der Waals surface area contributed by atoms with Crippen molar-refractivity contribution >= 4 is 23.2 Å². The van der Waals surface area contributed by atoms with Crippen LogP contribution in [0.4, 0.5) is 4.79 Å². The van der Waals surface area contributed by atoms with Crippen molar-refractivity contribution in [1.29, 1.82) is 0 Å². The third kappa shape index (κ3) is 11.2. The number of esters is 1. The van der Waals surface area contributed by atoms with E-state index in [0.29, 0.717) is 72.8 Å². The number of carbonyl (C=O) groups excluding carboxylic acids is 2. The summed E-state index contributed by atoms with van der Waals surface area (Å²) in [5, 5.41) is 46.0. The molecule has 2 heterocycles. The molecule has 0 unspecified atom stereocenters. The summed E-state index contributed by atoms with van der Waals surface area (Å²) in [5.74, 6) is -0.214. The van der Waals surface area contributed by atoms with E-state index in [-0.39, 0.29) is 43.9 Å². The zero-order valence-corrected chi connectivity index (χ0v) is 29.3. The third-order valence-corrected chi connectivity index (χ3v) is 7.69. The second-order valence-electron chi connectivity index (χ2n) is 11.4. The number of benzene rings is 3. The SMILES string of the molecule is CCOc1nc2cccc(C(=O)OCCCCON(O)O)c2n1Cc1ccc(-c2ccccc2-c2nnn(COC(=O)OCCCCON(O)O)n2)cc1. The minimum absolute atomic E-state index is 0.0296. The molecule has 5 aromatic rings. The molecule has 0 bridgehead atoms. The average molecular weight is 753 g/mol. The van der Waals surface area contributed by atoms with E-state index >= 15 is 0 Å². The Balaban J connectivity index is 1.24. The number of nitrogens with zero attached hydrogens (tertiary/aromatic N) is 8. The Hall–Kier alpha value is -5.58. The molecule has 0 aliphatic carbocycles. The van der Waals surface area contributed by atoms with E-state index in [1.165, 1.54) is 0 Å². The summed E-state index contributed by atoms with van der Waals surface area (Å²) in [6.07, 6.45) is 0.791. The summed E-state index contributed by atoms with van der Waals surface area (Å²) in [6, 6.07) is 20.9. The monoisotopic (exact) mass is 752 g/mol. The van der Waals surface area contributed by atoms with Crippen molar-refractivity contribution in [3.63, 3.8) is 0 Å². The molecular formula is C34H40N8O12. The summed E-state index contributed by atoms with van der Waals surface area (Å²) >= 11 is 0. The van der Waals surface area contributed by atoms with Crippen LogP contribution in [0.1, 0.15) is 48.5 Å². The van der Waals surface area contributed by atoms with Crippen molar-refractivity contribution < 1.29 is 59.0 Å². The molecule has 20 nitrogen and oxygen atoms in total. The predicted molar refractivity (Wildman–Crippen MR) is 183 cm³/mol. The Bertz CT molecular complexity index is 1950. The quantitative estimate of drug-likeness (QED) is 0.0453. The van der Waals surface area contributed by atoms with Crippen molar-refractivity contribution in [1.82, 2.24) is 40.5 Å². The van der Waals surface area contributed by atoms with Crippen molar-refractivity contribution in [3.8, 4) is 28.5 Å². The number of fused-ring (bicyclic) bond motifs is 1. The lowest BCUT2D eigenvalue weighted by atomic mass is 9.98. The molecule has 0 aliphatic rings. The molecule has 288 valence electrons. The molecule has 4 N–H and O–H groups in total. The first-order valence-electron chi connectivity index (χ1n) is 16.9. The molecule has 0 amide bonds. The topological polar surface area (TPSA) is 238 Å². The molecule has 0 spiro atoms. The molecule has 0 saturated carbocycles. The Morgan fingerprint density at radius 3 is 2.11 bits per heavy atom. The van der Waals surface area contributed by atoms with Gasteiger partial charge in [-0.05, 0) is 66.6 Å². The minimum atomic E-state index is -0.923. The maximum atomic E-state index is 13.2. The van der Waals surface area contributed by atoms with Crippen molar-refractivity contribution in [3.05, 3.63) is 77.9 Å². The predicted octanol–water partition coefficient (Wildman–Crippen LogP) is 4.66. The van der Waals surface area contributed by atoms with E-state index in [0.717, 1.165) is 21.5 Å². The van der Waals surface area contributed by atoms with Crippen LogP contribution >= 0.6 is 0 Å². The van der Waals surface area contributed by atoms with Crippen LogP contribution in [0.25, 0.3) is 33.5 Å². The highest BCUT2D eigenvalue weighted by Gasteiger charge is 2.21. The Morgan fingerprint density at radius 2 is 1.43 bits per heavy atom. The maximum absolute atomic E-state index is 13.2. The number of hydrogen-bond donors (Lipinski definition) is 4. The highest BCUT2D eigenvalue weighted by molar-refractivity contribution is 6.02. The highest BCUT2D eigenvalue weighted by Crippen LogP contribution is 2.31. The Morgan fingerprint density at radius 1 is 0.759 bits per heavy atom. The molecule has 0 fully saturated rings. The zero-order valence-electron chi connectivity index (χ0n) is 29.3. The van der Waals surface area contributed by atoms with Crippen LogP contribution in [0, 0.1) is 0 Å². The van der Waals surface area contributed by atoms with Crippen molar-refractivity contribution in [2.45, 2.75) is 45.9 Å². The Labute approximate surface area is 307 Å². The number of aromatic nitrogens is 6. The average Bonchev–Trinajstić information content (AvgIpc) is 3.78. The number of hydrogen-bond acceptors (Lipinski definition) is 18. The van der Waals surface area contributed by atoms with Crippen LogP contribution < -0.4 is 4.74 Å². The number of ether oxygens (including phenoxy) is 4. The third-order valence-electron chi connectivity index (χ3n) is 7.69. The maximum Gasteiger partial charge on any atom is 0.510 e. The zero-order chi connectivity index (χ0) is 38.3. The van der Waals surface area contributed by atoms with E-state index in [4.69, 9.17) is 39.8 Å². The molecule has 20 heteroatoms. The number of para-hydroxylation sites is 1. The highest BCUT2D eigenvalue weighted by atomic mass is 17.1. The normalized spacial score (nSPS) is 11.4. The molecule has 0 atom stereocenters. The van der Waals surface area contributed by atoms with Gasteiger partial charge in [-0.3, -0.25) is 35.1 Å². The van der Waals surface area contributed by atoms with Crippen LogP contribution in [0.15, 0.2) is 66.7 Å². The lowest BCUT2D eigenvalue weighted by molar-refractivity contribution is -0.492. The number of carbonyl (C=O) groups is 2. The minimum Gasteiger partial charge on any atom is -0.465 e. The van der Waals surface area contributed by atoms with Gasteiger partial charge in [0.05, 0.1) is 67.0 Å². The van der Waals surface area contributed by atoms with Gasteiger partial charge in [0.2, 0.25) is 12.6 Å². The fraction of sp³-hybridized carbons (Fsp3) is 0.353. The summed E-state index contributed by atoms with van der Waals surface area (Å²) in [5.41, 5.74) is 4.78. The number of unbranched alkanes of at least 4 members (excludes halogenated alkanes) is 2. The lowest BCUT2D eigenvalue weighted by Crippen LogP contribution is -2.16. The van der Waals surface area contributed by atoms with Gasteiger partial charge >= 0.3 is 12.1 Å². The first-order chi connectivity index (χ1) is 26.2. The van der Waals surface area contributed by atoms with Gasteiger partial charge in [0.1, 0.15) is 0 Å². The Kier molecular flexibility index (Phi) is 14.7. The van der Waals surface area contributed by atoms with Crippen LogP contribution in [0.5, 0.6) is 6.01 Å². The van der Waals surface area contributed by atoms with Crippen LogP contribution in [-0.2, 0) is 37.2 Å². The standard InChI is InChI=1S/C34H40N8O12/c1-2-49-33-35-29-13-9-12-28(32(43)50-18-5-7-20-53-41(45)46)30(29)39(33)22-24-14-16-25(17-15-24)26-10-3-4-11-27(26)31-36-38-40(37-31)23-52-34(44)51-19-6-8-21-54-42(47)48/h3-4,9-17,45-48H,2,5-8,18-23H2,1H3. The molecule has 3 aromatic carbocycles. The van der Waals surface area contributed by atoms with E-state index in [1.807, 2.05) is 60.0 Å². The molecule has 2 aromatic heterocycles. The first kappa shape index (κ1) is 39.6. The van der Waals surface area contributed by atoms with Gasteiger partial charge in [0.15, 0.2) is 0 Å². The van der Waals surface area contributed by atoms with E-state index < -0.39 is 12.1 Å². The van der Waals surface area contributed by atoms with Gasteiger partial charge in [-0.15, -0.1) is 15.0 Å². The van der Waals surface area contributed by atoms with Gasteiger partial charge in [-0.2, -0.15) is 4.98 Å². The van der Waals surface area contributed by atoms with Crippen LogP contribution in [0.3, 0.4) is 0 Å². The fourth-order valence-corrected chi connectivity index (χ4v) is 5.27. The fourth-order valence-electron chi connectivity index (χ4n) is 5.27. The molecular weight excluding hydrogens is 712 g/mol. The summed E-state index contributed by atoms with van der Waals surface area (Å²) in [4.78, 5) is 39.8. The second kappa shape index (κ2) is 20.0. The summed E-state index contributed by atoms with van der Waals surface area (Å²) in [6.45, 7) is 2.46. The molecule has 0 saturated heterocycles. The second-order valence-corrected chi connectivity index (χ2v) is 11.4. The number of rotatable bonds is 21. The van der Waals surface area contributed by atoms with Gasteiger partial charge in [-0.1, -0.05) is 54.6 Å². The van der Waals surface area contributed by atoms with Gasteiger partial charge in [0, 0.05) is 5.56 Å². The van der Waals surface area contributed by atoms with Crippen LogP contribution in [0.2, 0.25) is 0 Å². The smallest absolute Gasteiger partial charge is 0.465 e. The molecule has 0 aliphatic heterocycles. The molecule has 0 radical (unpaired) electrons. The first-order valence-corrected chi connectivity index (χ1v) is 16.9. The molecule has 5 rings (SSSR count). The van der Waals surface area contributed by atoms with Crippen molar-refractivity contribution in [2.75, 3.05) is 33.0 Å². The van der Waals surface area contributed by atoms with E-state index in [1.54, 1.807) is 18.2 Å². The summed E-state index contributed by atoms with van der Waals surface area (Å²) < 4.78 is 23.2. The lowest BCUT2D eigenvalue weighted by Gasteiger charge is -2.13. The van der Waals surface area contributed by atoms with E-state index in [9.17, 15) is 9.59 Å². The van der Waals surface area contributed by atoms with Crippen LogP contribution in [-0.4, -0.2) is 107 Å². The van der Waals surface area contributed by atoms with E-state index in [2.05, 4.69) is 30.1 Å². The van der Waals surface area contributed by atoms with Gasteiger partial charge in [0.25, 0.3) is 6.01 Å². The largest absolute Gasteiger partial charge is 0.510 e. The van der Waals surface area contributed by atoms with Crippen molar-refractivity contribution in [2.24, 2.45) is 0 Å². The number of imidazole rings is 1. The summed E-state index contributed by atoms with van der Waals surface area (Å²) in [7, 11) is 0. The van der Waals surface area contributed by atoms with Gasteiger partial charge < -0.3 is 18.9 Å². The molecule has 54 heavy (non-hydrogen) atoms. The van der Waals surface area contributed by atoms with Gasteiger partial charge in [-0.25, -0.2) is 9.59 Å².